The van der Waals surface area contributed by atoms with Gasteiger partial charge >= 0.3 is 6.03 Å². The summed E-state index contributed by atoms with van der Waals surface area (Å²) in [5, 5.41) is 16.0. The van der Waals surface area contributed by atoms with Crippen molar-refractivity contribution in [3.63, 3.8) is 0 Å². The molecule has 0 aliphatic carbocycles. The van der Waals surface area contributed by atoms with Gasteiger partial charge in [0.15, 0.2) is 5.78 Å². The molecule has 0 heterocycles. The van der Waals surface area contributed by atoms with E-state index in [1.165, 1.54) is 6.07 Å². The molecule has 0 spiro atoms. The van der Waals surface area contributed by atoms with Crippen LogP contribution in [-0.2, 0) is 9.59 Å². The molecule has 3 N–H and O–H groups in total. The third-order valence-corrected chi connectivity index (χ3v) is 4.84. The third kappa shape index (κ3) is 7.66. The van der Waals surface area contributed by atoms with Gasteiger partial charge in [0.05, 0.1) is 23.3 Å². The van der Waals surface area contributed by atoms with Crippen LogP contribution in [0.3, 0.4) is 0 Å². The van der Waals surface area contributed by atoms with E-state index in [9.17, 15) is 19.6 Å². The summed E-state index contributed by atoms with van der Waals surface area (Å²) in [5.74, 6) is -1.02. The molecule has 2 atom stereocenters. The molecule has 0 aliphatic heterocycles. The number of benzene rings is 1. The molecule has 28 heavy (non-hydrogen) atoms. The van der Waals surface area contributed by atoms with Crippen molar-refractivity contribution in [1.82, 2.24) is 10.4 Å². The molecule has 0 aliphatic rings. The lowest BCUT2D eigenvalue weighted by atomic mass is 9.87. The number of hydrogen-bond donors (Lipinski definition) is 3. The fourth-order valence-electron chi connectivity index (χ4n) is 2.76. The summed E-state index contributed by atoms with van der Waals surface area (Å²) in [6.07, 6.45) is 2.40. The first kappa shape index (κ1) is 24.2. The van der Waals surface area contributed by atoms with E-state index in [0.717, 1.165) is 12.8 Å². The SMILES string of the molecule is CCCC[C@H](CN(O)C=O)C(=O)[C@@H](NC(=O)Nc1cc(Cl)ccc1Cl)C(C)C. The second-order valence-corrected chi connectivity index (χ2v) is 7.76. The molecule has 0 bridgehead atoms. The first-order valence-corrected chi connectivity index (χ1v) is 9.92. The van der Waals surface area contributed by atoms with Crippen molar-refractivity contribution >= 4 is 47.1 Å². The van der Waals surface area contributed by atoms with Gasteiger partial charge in [0, 0.05) is 10.9 Å². The van der Waals surface area contributed by atoms with Gasteiger partial charge in [-0.15, -0.1) is 0 Å². The van der Waals surface area contributed by atoms with E-state index in [1.807, 2.05) is 20.8 Å². The highest BCUT2D eigenvalue weighted by Gasteiger charge is 2.31. The van der Waals surface area contributed by atoms with Crippen LogP contribution in [0, 0.1) is 11.8 Å². The third-order valence-electron chi connectivity index (χ3n) is 4.27. The highest BCUT2D eigenvalue weighted by Crippen LogP contribution is 2.25. The number of amides is 3. The number of hydroxylamine groups is 2. The Morgan fingerprint density at radius 3 is 2.54 bits per heavy atom. The van der Waals surface area contributed by atoms with Crippen LogP contribution < -0.4 is 10.6 Å². The molecule has 9 heteroatoms. The van der Waals surface area contributed by atoms with E-state index in [4.69, 9.17) is 23.2 Å². The fourth-order valence-corrected chi connectivity index (χ4v) is 3.09. The Morgan fingerprint density at radius 2 is 1.96 bits per heavy atom. The number of nitrogens with one attached hydrogen (secondary N) is 2. The van der Waals surface area contributed by atoms with Crippen LogP contribution in [-0.4, -0.2) is 41.1 Å². The highest BCUT2D eigenvalue weighted by atomic mass is 35.5. The zero-order chi connectivity index (χ0) is 21.3. The fraction of sp³-hybridized carbons (Fsp3) is 0.526. The summed E-state index contributed by atoms with van der Waals surface area (Å²) in [6, 6.07) is 3.27. The number of halogens is 2. The Balaban J connectivity index is 2.90. The number of unbranched alkanes of at least 4 members (excludes halogenated alkanes) is 1. The smallest absolute Gasteiger partial charge is 0.319 e. The molecule has 0 fully saturated rings. The standard InChI is InChI=1S/C19H27Cl2N3O4/c1-4-5-6-13(10-24(28)11-25)18(26)17(12(2)3)23-19(27)22-16-9-14(20)7-8-15(16)21/h7-9,11-13,17,28H,4-6,10H2,1-3H3,(H2,22,23,27)/t13-,17+/m1/s1. The number of anilines is 1. The Bertz CT molecular complexity index is 685. The van der Waals surface area contributed by atoms with Crippen LogP contribution >= 0.6 is 23.2 Å². The number of hydrogen-bond acceptors (Lipinski definition) is 4. The van der Waals surface area contributed by atoms with Gasteiger partial charge in [-0.2, -0.15) is 0 Å². The maximum Gasteiger partial charge on any atom is 0.319 e. The molecule has 156 valence electrons. The first-order chi connectivity index (χ1) is 13.2. The molecular weight excluding hydrogens is 405 g/mol. The van der Waals surface area contributed by atoms with Gasteiger partial charge in [-0.25, -0.2) is 9.86 Å². The van der Waals surface area contributed by atoms with Crippen molar-refractivity contribution in [2.45, 2.75) is 46.1 Å². The number of rotatable bonds is 11. The predicted octanol–water partition coefficient (Wildman–Crippen LogP) is 4.36. The van der Waals surface area contributed by atoms with Crippen LogP contribution in [0.15, 0.2) is 18.2 Å². The van der Waals surface area contributed by atoms with E-state index in [1.54, 1.807) is 12.1 Å². The van der Waals surface area contributed by atoms with Gasteiger partial charge in [-0.1, -0.05) is 56.8 Å². The lowest BCUT2D eigenvalue weighted by Crippen LogP contribution is -2.50. The minimum absolute atomic E-state index is 0.116. The maximum atomic E-state index is 13.0. The number of nitrogens with zero attached hydrogens (tertiary/aromatic N) is 1. The molecule has 0 radical (unpaired) electrons. The Kier molecular flexibility index (Phi) is 10.3. The molecule has 0 saturated carbocycles. The van der Waals surface area contributed by atoms with E-state index in [-0.39, 0.29) is 24.7 Å². The Hall–Kier alpha value is -1.83. The molecule has 0 saturated heterocycles. The molecule has 1 aromatic carbocycles. The second-order valence-electron chi connectivity index (χ2n) is 6.91. The van der Waals surface area contributed by atoms with Crippen LogP contribution in [0.4, 0.5) is 10.5 Å². The van der Waals surface area contributed by atoms with Crippen LogP contribution in [0.2, 0.25) is 10.0 Å². The average molecular weight is 432 g/mol. The molecular formula is C19H27Cl2N3O4. The van der Waals surface area contributed by atoms with Crippen molar-refractivity contribution in [2.75, 3.05) is 11.9 Å². The van der Waals surface area contributed by atoms with Gasteiger partial charge in [0.2, 0.25) is 6.41 Å². The van der Waals surface area contributed by atoms with Gasteiger partial charge in [0.1, 0.15) is 0 Å². The van der Waals surface area contributed by atoms with Crippen LogP contribution in [0.25, 0.3) is 0 Å². The number of carbonyl (C=O) groups is 3. The monoisotopic (exact) mass is 431 g/mol. The van der Waals surface area contributed by atoms with E-state index in [0.29, 0.717) is 27.2 Å². The summed E-state index contributed by atoms with van der Waals surface area (Å²) in [7, 11) is 0. The Morgan fingerprint density at radius 1 is 1.29 bits per heavy atom. The maximum absolute atomic E-state index is 13.0. The van der Waals surface area contributed by atoms with Crippen molar-refractivity contribution in [3.8, 4) is 0 Å². The number of carbonyl (C=O) groups excluding carboxylic acids is 3. The summed E-state index contributed by atoms with van der Waals surface area (Å²) < 4.78 is 0. The minimum Gasteiger partial charge on any atom is -0.328 e. The molecule has 3 amide bonds. The van der Waals surface area contributed by atoms with E-state index >= 15 is 0 Å². The van der Waals surface area contributed by atoms with E-state index in [2.05, 4.69) is 10.6 Å². The summed E-state index contributed by atoms with van der Waals surface area (Å²) >= 11 is 12.0. The van der Waals surface area contributed by atoms with Crippen molar-refractivity contribution in [2.24, 2.45) is 11.8 Å². The molecule has 0 aromatic heterocycles. The number of urea groups is 1. The summed E-state index contributed by atoms with van der Waals surface area (Å²) in [5.41, 5.74) is 0.326. The van der Waals surface area contributed by atoms with Gasteiger partial charge in [0.25, 0.3) is 0 Å². The van der Waals surface area contributed by atoms with Crippen molar-refractivity contribution in [1.29, 1.82) is 0 Å². The van der Waals surface area contributed by atoms with Crippen LogP contribution in [0.1, 0.15) is 40.0 Å². The number of ketones is 1. The molecule has 0 unspecified atom stereocenters. The highest BCUT2D eigenvalue weighted by molar-refractivity contribution is 6.35. The predicted molar refractivity (Wildman–Crippen MR) is 110 cm³/mol. The largest absolute Gasteiger partial charge is 0.328 e. The molecule has 7 nitrogen and oxygen atoms in total. The zero-order valence-electron chi connectivity index (χ0n) is 16.2. The Labute approximate surface area is 175 Å². The van der Waals surface area contributed by atoms with Crippen molar-refractivity contribution < 1.29 is 19.6 Å². The zero-order valence-corrected chi connectivity index (χ0v) is 17.8. The van der Waals surface area contributed by atoms with Gasteiger partial charge in [-0.05, 0) is 30.5 Å². The molecule has 1 rings (SSSR count). The number of Topliss-reactive ketones (excluding diaryl/α,β-unsaturated/α-hetero) is 1. The normalized spacial score (nSPS) is 13.0. The quantitative estimate of drug-likeness (QED) is 0.275. The topological polar surface area (TPSA) is 98.7 Å². The summed E-state index contributed by atoms with van der Waals surface area (Å²) in [4.78, 5) is 36.2. The minimum atomic E-state index is -0.792. The van der Waals surface area contributed by atoms with Gasteiger partial charge < -0.3 is 10.6 Å². The summed E-state index contributed by atoms with van der Waals surface area (Å²) in [6.45, 7) is 5.48. The average Bonchev–Trinajstić information content (AvgIpc) is 2.65. The lowest BCUT2D eigenvalue weighted by Gasteiger charge is -2.27. The van der Waals surface area contributed by atoms with Crippen molar-refractivity contribution in [3.05, 3.63) is 28.2 Å². The molecule has 1 aromatic rings. The van der Waals surface area contributed by atoms with E-state index < -0.39 is 18.0 Å². The lowest BCUT2D eigenvalue weighted by molar-refractivity contribution is -0.154. The van der Waals surface area contributed by atoms with Crippen LogP contribution in [0.5, 0.6) is 0 Å². The van der Waals surface area contributed by atoms with Gasteiger partial charge in [-0.3, -0.25) is 14.8 Å². The first-order valence-electron chi connectivity index (χ1n) is 9.16. The second kappa shape index (κ2) is 11.9.